The summed E-state index contributed by atoms with van der Waals surface area (Å²) in [6.07, 6.45) is 0.157. The van der Waals surface area contributed by atoms with Gasteiger partial charge < -0.3 is 10.2 Å². The van der Waals surface area contributed by atoms with E-state index >= 15 is 0 Å². The number of benzene rings is 1. The molecule has 0 radical (unpaired) electrons. The van der Waals surface area contributed by atoms with E-state index in [1.807, 2.05) is 13.8 Å². The highest BCUT2D eigenvalue weighted by Crippen LogP contribution is 2.36. The van der Waals surface area contributed by atoms with E-state index in [-0.39, 0.29) is 23.4 Å². The summed E-state index contributed by atoms with van der Waals surface area (Å²) < 4.78 is 13.8. The number of hydrogen-bond donors (Lipinski definition) is 1. The summed E-state index contributed by atoms with van der Waals surface area (Å²) in [5.74, 6) is 3.83. The summed E-state index contributed by atoms with van der Waals surface area (Å²) in [7, 11) is 0. The monoisotopic (exact) mass is 336 g/mol. The number of amides is 2. The van der Waals surface area contributed by atoms with Gasteiger partial charge in [0.2, 0.25) is 5.91 Å². The van der Waals surface area contributed by atoms with E-state index in [4.69, 9.17) is 11.6 Å². The average Bonchev–Trinajstić information content (AvgIpc) is 2.78. The number of carbonyl (C=O) groups excluding carboxylic acids is 2. The molecule has 1 saturated heterocycles. The number of hydrogen-bond acceptors (Lipinski definition) is 2. The molecule has 0 aliphatic carbocycles. The van der Waals surface area contributed by atoms with Crippen LogP contribution in [-0.4, -0.2) is 28.8 Å². The van der Waals surface area contributed by atoms with E-state index in [2.05, 4.69) is 17.2 Å². The summed E-state index contributed by atoms with van der Waals surface area (Å²) in [4.78, 5) is 25.8. The van der Waals surface area contributed by atoms with Gasteiger partial charge in [-0.15, -0.1) is 0 Å². The molecule has 122 valence electrons. The van der Waals surface area contributed by atoms with Crippen LogP contribution in [0.25, 0.3) is 0 Å². The fourth-order valence-electron chi connectivity index (χ4n) is 2.90. The van der Waals surface area contributed by atoms with Gasteiger partial charge in [0.1, 0.15) is 5.82 Å². The van der Waals surface area contributed by atoms with E-state index in [0.717, 1.165) is 0 Å². The predicted molar refractivity (Wildman–Crippen MR) is 86.1 cm³/mol. The van der Waals surface area contributed by atoms with E-state index in [0.29, 0.717) is 5.56 Å². The van der Waals surface area contributed by atoms with Gasteiger partial charge in [-0.25, -0.2) is 4.39 Å². The molecular formula is C17H18ClFN2O2. The summed E-state index contributed by atoms with van der Waals surface area (Å²) >= 11 is 5.73. The third kappa shape index (κ3) is 3.65. The minimum atomic E-state index is -0.550. The van der Waals surface area contributed by atoms with Crippen LogP contribution in [0, 0.1) is 17.7 Å². The molecule has 4 nitrogen and oxygen atoms in total. The molecule has 1 aromatic carbocycles. The fourth-order valence-corrected chi connectivity index (χ4v) is 3.02. The Kier molecular flexibility index (Phi) is 5.27. The van der Waals surface area contributed by atoms with Crippen molar-refractivity contribution in [2.24, 2.45) is 0 Å². The molecule has 2 atom stereocenters. The second-order valence-electron chi connectivity index (χ2n) is 5.67. The molecule has 0 saturated carbocycles. The van der Waals surface area contributed by atoms with Gasteiger partial charge in [0.05, 0.1) is 17.1 Å². The lowest BCUT2D eigenvalue weighted by atomic mass is 9.99. The zero-order chi connectivity index (χ0) is 17.1. The lowest BCUT2D eigenvalue weighted by Crippen LogP contribution is -2.41. The Morgan fingerprint density at radius 3 is 2.74 bits per heavy atom. The second-order valence-corrected chi connectivity index (χ2v) is 6.08. The van der Waals surface area contributed by atoms with E-state index < -0.39 is 23.8 Å². The average molecular weight is 337 g/mol. The Morgan fingerprint density at radius 1 is 1.48 bits per heavy atom. The van der Waals surface area contributed by atoms with E-state index in [1.54, 1.807) is 17.9 Å². The van der Waals surface area contributed by atoms with E-state index in [1.165, 1.54) is 12.1 Å². The highest BCUT2D eigenvalue weighted by atomic mass is 35.5. The fraction of sp³-hybridized carbons (Fsp3) is 0.412. The van der Waals surface area contributed by atoms with Crippen molar-refractivity contribution >= 4 is 23.4 Å². The predicted octanol–water partition coefficient (Wildman–Crippen LogP) is 2.67. The smallest absolute Gasteiger partial charge is 0.296 e. The minimum Gasteiger partial charge on any atom is -0.340 e. The quantitative estimate of drug-likeness (QED) is 0.863. The van der Waals surface area contributed by atoms with Crippen LogP contribution in [0.1, 0.15) is 38.8 Å². The topological polar surface area (TPSA) is 49.4 Å². The molecular weight excluding hydrogens is 319 g/mol. The SMILES string of the molecule is CC#CC(=O)N[C@@H]1CC(=O)N(C(C)C)[C@H]1c1ccc(Cl)c(F)c1. The van der Waals surface area contributed by atoms with Crippen LogP contribution in [0.15, 0.2) is 18.2 Å². The lowest BCUT2D eigenvalue weighted by Gasteiger charge is -2.31. The van der Waals surface area contributed by atoms with Crippen LogP contribution in [0.4, 0.5) is 4.39 Å². The lowest BCUT2D eigenvalue weighted by molar-refractivity contribution is -0.130. The van der Waals surface area contributed by atoms with Crippen LogP contribution in [0.2, 0.25) is 5.02 Å². The number of likely N-dealkylation sites (tertiary alicyclic amines) is 1. The molecule has 1 aliphatic heterocycles. The number of nitrogens with zero attached hydrogens (tertiary/aromatic N) is 1. The van der Waals surface area contributed by atoms with Gasteiger partial charge in [0.25, 0.3) is 5.91 Å². The normalized spacial score (nSPS) is 20.4. The molecule has 1 aliphatic rings. The van der Waals surface area contributed by atoms with Crippen molar-refractivity contribution in [3.63, 3.8) is 0 Å². The van der Waals surface area contributed by atoms with Crippen LogP contribution in [0.5, 0.6) is 0 Å². The van der Waals surface area contributed by atoms with Gasteiger partial charge in [-0.1, -0.05) is 23.6 Å². The van der Waals surface area contributed by atoms with E-state index in [9.17, 15) is 14.0 Å². The molecule has 1 N–H and O–H groups in total. The summed E-state index contributed by atoms with van der Waals surface area (Å²) in [6, 6.07) is 3.46. The standard InChI is InChI=1S/C17H18ClFN2O2/c1-4-5-15(22)20-14-9-16(23)21(10(2)3)17(14)11-6-7-12(18)13(19)8-11/h6-8,10,14,17H,9H2,1-3H3,(H,20,22)/t14-,17+/m1/s1. The van der Waals surface area contributed by atoms with Crippen LogP contribution < -0.4 is 5.32 Å². The Morgan fingerprint density at radius 2 is 2.17 bits per heavy atom. The maximum Gasteiger partial charge on any atom is 0.296 e. The summed E-state index contributed by atoms with van der Waals surface area (Å²) in [5.41, 5.74) is 0.598. The Bertz CT molecular complexity index is 694. The third-order valence-electron chi connectivity index (χ3n) is 3.76. The number of rotatable bonds is 3. The molecule has 1 fully saturated rings. The highest BCUT2D eigenvalue weighted by molar-refractivity contribution is 6.30. The van der Waals surface area contributed by atoms with Crippen LogP contribution >= 0.6 is 11.6 Å². The first-order valence-corrected chi connectivity index (χ1v) is 7.72. The molecule has 0 bridgehead atoms. The van der Waals surface area contributed by atoms with Crippen molar-refractivity contribution in [3.8, 4) is 11.8 Å². The van der Waals surface area contributed by atoms with Crippen LogP contribution in [-0.2, 0) is 9.59 Å². The molecule has 1 heterocycles. The molecule has 6 heteroatoms. The Hall–Kier alpha value is -2.06. The summed E-state index contributed by atoms with van der Waals surface area (Å²) in [6.45, 7) is 5.33. The van der Waals surface area contributed by atoms with Crippen LogP contribution in [0.3, 0.4) is 0 Å². The molecule has 2 amide bonds. The van der Waals surface area contributed by atoms with Crippen molar-refractivity contribution in [2.45, 2.75) is 45.3 Å². The zero-order valence-corrected chi connectivity index (χ0v) is 13.9. The maximum atomic E-state index is 13.8. The molecule has 1 aromatic rings. The van der Waals surface area contributed by atoms with Gasteiger partial charge in [-0.2, -0.15) is 0 Å². The van der Waals surface area contributed by atoms with Crippen molar-refractivity contribution < 1.29 is 14.0 Å². The molecule has 2 rings (SSSR count). The largest absolute Gasteiger partial charge is 0.340 e. The van der Waals surface area contributed by atoms with Crippen molar-refractivity contribution in [3.05, 3.63) is 34.6 Å². The highest BCUT2D eigenvalue weighted by Gasteiger charge is 2.42. The van der Waals surface area contributed by atoms with Gasteiger partial charge in [0, 0.05) is 12.5 Å². The first-order valence-electron chi connectivity index (χ1n) is 7.34. The Balaban J connectivity index is 2.40. The second kappa shape index (κ2) is 7.01. The summed E-state index contributed by atoms with van der Waals surface area (Å²) in [5, 5.41) is 2.77. The Labute approximate surface area is 140 Å². The first kappa shape index (κ1) is 17.3. The van der Waals surface area contributed by atoms with Gasteiger partial charge in [-0.05, 0) is 44.4 Å². The van der Waals surface area contributed by atoms with Crippen molar-refractivity contribution in [1.29, 1.82) is 0 Å². The van der Waals surface area contributed by atoms with Gasteiger partial charge in [-0.3, -0.25) is 9.59 Å². The number of halogens is 2. The molecule has 23 heavy (non-hydrogen) atoms. The number of nitrogens with one attached hydrogen (secondary N) is 1. The van der Waals surface area contributed by atoms with Gasteiger partial charge in [0.15, 0.2) is 0 Å². The molecule has 0 spiro atoms. The first-order chi connectivity index (χ1) is 10.8. The third-order valence-corrected chi connectivity index (χ3v) is 4.07. The maximum absolute atomic E-state index is 13.8. The van der Waals surface area contributed by atoms with Crippen molar-refractivity contribution in [2.75, 3.05) is 0 Å². The molecule has 0 aromatic heterocycles. The molecule has 0 unspecified atom stereocenters. The minimum absolute atomic E-state index is 0.0200. The number of carbonyl (C=O) groups is 2. The van der Waals surface area contributed by atoms with Crippen molar-refractivity contribution in [1.82, 2.24) is 10.2 Å². The van der Waals surface area contributed by atoms with Gasteiger partial charge >= 0.3 is 0 Å². The zero-order valence-electron chi connectivity index (χ0n) is 13.2.